The quantitative estimate of drug-likeness (QED) is 0.793. The van der Waals surface area contributed by atoms with Crippen LogP contribution in [-0.4, -0.2) is 11.5 Å². The summed E-state index contributed by atoms with van der Waals surface area (Å²) in [5.41, 5.74) is 10.3. The molecule has 3 nitrogen and oxygen atoms in total. The van der Waals surface area contributed by atoms with Crippen molar-refractivity contribution >= 4 is 22.7 Å². The molecule has 0 bridgehead atoms. The summed E-state index contributed by atoms with van der Waals surface area (Å²) >= 11 is 6.05. The third-order valence-corrected chi connectivity index (χ3v) is 3.47. The van der Waals surface area contributed by atoms with Crippen LogP contribution >= 0.6 is 11.6 Å². The fourth-order valence-corrected chi connectivity index (χ4v) is 2.57. The maximum Gasteiger partial charge on any atom is 0.227 e. The first-order valence-electron chi connectivity index (χ1n) is 6.53. The van der Waals surface area contributed by atoms with Crippen molar-refractivity contribution in [3.63, 3.8) is 0 Å². The Kier molecular flexibility index (Phi) is 3.47. The summed E-state index contributed by atoms with van der Waals surface area (Å²) in [5, 5.41) is 0.673. The second-order valence-electron chi connectivity index (χ2n) is 4.83. The van der Waals surface area contributed by atoms with Crippen LogP contribution in [0.2, 0.25) is 5.02 Å². The van der Waals surface area contributed by atoms with Crippen LogP contribution in [0, 0.1) is 6.92 Å². The van der Waals surface area contributed by atoms with Crippen molar-refractivity contribution in [1.29, 1.82) is 0 Å². The molecule has 0 saturated heterocycles. The SMILES string of the molecule is Cc1cc(Cl)cc2nc(-c3cccc(CCN)c3)oc12. The molecule has 4 heteroatoms. The molecule has 2 aromatic carbocycles. The fraction of sp³-hybridized carbons (Fsp3) is 0.188. The molecule has 0 amide bonds. The zero-order chi connectivity index (χ0) is 14.1. The summed E-state index contributed by atoms with van der Waals surface area (Å²) in [6.45, 7) is 2.60. The van der Waals surface area contributed by atoms with Crippen LogP contribution in [-0.2, 0) is 6.42 Å². The molecular formula is C16H15ClN2O. The minimum Gasteiger partial charge on any atom is -0.436 e. The van der Waals surface area contributed by atoms with Crippen molar-refractivity contribution in [1.82, 2.24) is 4.98 Å². The molecule has 0 aliphatic heterocycles. The van der Waals surface area contributed by atoms with Crippen molar-refractivity contribution in [3.8, 4) is 11.5 Å². The number of aromatic nitrogens is 1. The maximum absolute atomic E-state index is 6.05. The second-order valence-corrected chi connectivity index (χ2v) is 5.27. The number of nitrogens with two attached hydrogens (primary N) is 1. The van der Waals surface area contributed by atoms with Crippen LogP contribution < -0.4 is 5.73 Å². The van der Waals surface area contributed by atoms with Crippen molar-refractivity contribution in [3.05, 3.63) is 52.5 Å². The van der Waals surface area contributed by atoms with Gasteiger partial charge in [-0.05, 0) is 55.3 Å². The zero-order valence-electron chi connectivity index (χ0n) is 11.2. The number of rotatable bonds is 3. The first kappa shape index (κ1) is 13.2. The van der Waals surface area contributed by atoms with Gasteiger partial charge >= 0.3 is 0 Å². The summed E-state index contributed by atoms with van der Waals surface area (Å²) in [4.78, 5) is 4.52. The Balaban J connectivity index is 2.10. The van der Waals surface area contributed by atoms with Crippen LogP contribution in [0.1, 0.15) is 11.1 Å². The fourth-order valence-electron chi connectivity index (χ4n) is 2.31. The van der Waals surface area contributed by atoms with Crippen molar-refractivity contribution in [2.45, 2.75) is 13.3 Å². The lowest BCUT2D eigenvalue weighted by Crippen LogP contribution is -2.02. The number of hydrogen-bond acceptors (Lipinski definition) is 3. The lowest BCUT2D eigenvalue weighted by atomic mass is 10.1. The highest BCUT2D eigenvalue weighted by molar-refractivity contribution is 6.31. The highest BCUT2D eigenvalue weighted by Crippen LogP contribution is 2.29. The molecule has 102 valence electrons. The van der Waals surface area contributed by atoms with Gasteiger partial charge < -0.3 is 10.2 Å². The molecule has 2 N–H and O–H groups in total. The van der Waals surface area contributed by atoms with Crippen molar-refractivity contribution in [2.75, 3.05) is 6.54 Å². The molecular weight excluding hydrogens is 272 g/mol. The van der Waals surface area contributed by atoms with Crippen molar-refractivity contribution in [2.24, 2.45) is 5.73 Å². The van der Waals surface area contributed by atoms with E-state index in [-0.39, 0.29) is 0 Å². The Morgan fingerprint density at radius 3 is 2.90 bits per heavy atom. The molecule has 0 radical (unpaired) electrons. The van der Waals surface area contributed by atoms with E-state index in [1.54, 1.807) is 0 Å². The molecule has 0 fully saturated rings. The van der Waals surface area contributed by atoms with Gasteiger partial charge in [0.25, 0.3) is 0 Å². The number of aryl methyl sites for hydroxylation is 1. The van der Waals surface area contributed by atoms with Crippen LogP contribution in [0.3, 0.4) is 0 Å². The van der Waals surface area contributed by atoms with Gasteiger partial charge in [-0.2, -0.15) is 0 Å². The first-order valence-corrected chi connectivity index (χ1v) is 6.91. The van der Waals surface area contributed by atoms with E-state index in [1.807, 2.05) is 31.2 Å². The van der Waals surface area contributed by atoms with E-state index in [0.717, 1.165) is 28.6 Å². The molecule has 0 aliphatic carbocycles. The Labute approximate surface area is 122 Å². The normalized spacial score (nSPS) is 11.2. The second kappa shape index (κ2) is 5.27. The maximum atomic E-state index is 6.05. The molecule has 0 aliphatic rings. The van der Waals surface area contributed by atoms with E-state index in [4.69, 9.17) is 21.8 Å². The lowest BCUT2D eigenvalue weighted by Gasteiger charge is -2.00. The number of hydrogen-bond donors (Lipinski definition) is 1. The number of benzene rings is 2. The predicted molar refractivity (Wildman–Crippen MR) is 82.0 cm³/mol. The average molecular weight is 287 g/mol. The van der Waals surface area contributed by atoms with E-state index in [0.29, 0.717) is 17.5 Å². The number of nitrogens with zero attached hydrogens (tertiary/aromatic N) is 1. The third-order valence-electron chi connectivity index (χ3n) is 3.25. The van der Waals surface area contributed by atoms with Gasteiger partial charge in [-0.1, -0.05) is 23.7 Å². The smallest absolute Gasteiger partial charge is 0.227 e. The molecule has 20 heavy (non-hydrogen) atoms. The molecule has 1 heterocycles. The third kappa shape index (κ3) is 2.42. The van der Waals surface area contributed by atoms with Gasteiger partial charge in [-0.3, -0.25) is 0 Å². The molecule has 0 unspecified atom stereocenters. The van der Waals surface area contributed by atoms with E-state index in [9.17, 15) is 0 Å². The number of halogens is 1. The van der Waals surface area contributed by atoms with E-state index in [2.05, 4.69) is 17.1 Å². The summed E-state index contributed by atoms with van der Waals surface area (Å²) < 4.78 is 5.87. The first-order chi connectivity index (χ1) is 9.67. The Morgan fingerprint density at radius 2 is 2.10 bits per heavy atom. The molecule has 3 rings (SSSR count). The van der Waals surface area contributed by atoms with E-state index < -0.39 is 0 Å². The standard InChI is InChI=1S/C16H15ClN2O/c1-10-7-13(17)9-14-15(10)20-16(19-14)12-4-2-3-11(8-12)5-6-18/h2-4,7-9H,5-6,18H2,1H3. The van der Waals surface area contributed by atoms with Gasteiger partial charge in [-0.25, -0.2) is 4.98 Å². The predicted octanol–water partition coefficient (Wildman–Crippen LogP) is 3.96. The number of fused-ring (bicyclic) bond motifs is 1. The lowest BCUT2D eigenvalue weighted by molar-refractivity contribution is 0.617. The van der Waals surface area contributed by atoms with E-state index in [1.165, 1.54) is 5.56 Å². The topological polar surface area (TPSA) is 52.0 Å². The minimum atomic E-state index is 0.615. The summed E-state index contributed by atoms with van der Waals surface area (Å²) in [7, 11) is 0. The Morgan fingerprint density at radius 1 is 1.25 bits per heavy atom. The summed E-state index contributed by atoms with van der Waals surface area (Å²) in [5.74, 6) is 0.615. The minimum absolute atomic E-state index is 0.615. The van der Waals surface area contributed by atoms with Crippen LogP contribution in [0.4, 0.5) is 0 Å². The number of oxazole rings is 1. The Bertz CT molecular complexity index is 764. The highest BCUT2D eigenvalue weighted by atomic mass is 35.5. The van der Waals surface area contributed by atoms with Gasteiger partial charge in [-0.15, -0.1) is 0 Å². The van der Waals surface area contributed by atoms with Crippen LogP contribution in [0.15, 0.2) is 40.8 Å². The van der Waals surface area contributed by atoms with Crippen molar-refractivity contribution < 1.29 is 4.42 Å². The van der Waals surface area contributed by atoms with Gasteiger partial charge in [0.05, 0.1) is 0 Å². The monoisotopic (exact) mass is 286 g/mol. The van der Waals surface area contributed by atoms with Gasteiger partial charge in [0.2, 0.25) is 5.89 Å². The molecule has 1 aromatic heterocycles. The summed E-state index contributed by atoms with van der Waals surface area (Å²) in [6, 6.07) is 11.8. The molecule has 0 saturated carbocycles. The van der Waals surface area contributed by atoms with Crippen LogP contribution in [0.5, 0.6) is 0 Å². The summed E-state index contributed by atoms with van der Waals surface area (Å²) in [6.07, 6.45) is 0.846. The average Bonchev–Trinajstić information content (AvgIpc) is 2.83. The zero-order valence-corrected chi connectivity index (χ0v) is 11.9. The van der Waals surface area contributed by atoms with E-state index >= 15 is 0 Å². The van der Waals surface area contributed by atoms with Crippen LogP contribution in [0.25, 0.3) is 22.6 Å². The molecule has 0 spiro atoms. The molecule has 0 atom stereocenters. The molecule has 3 aromatic rings. The Hall–Kier alpha value is -1.84. The van der Waals surface area contributed by atoms with Gasteiger partial charge in [0.1, 0.15) is 5.52 Å². The van der Waals surface area contributed by atoms with Gasteiger partial charge in [0.15, 0.2) is 5.58 Å². The van der Waals surface area contributed by atoms with Gasteiger partial charge in [0, 0.05) is 10.6 Å². The largest absolute Gasteiger partial charge is 0.436 e. The highest BCUT2D eigenvalue weighted by Gasteiger charge is 2.11.